The molecule has 0 fully saturated rings. The molecule has 3 aromatic rings. The molecule has 1 N–H and O–H groups in total. The normalized spacial score (nSPS) is 11.5. The molecule has 0 saturated heterocycles. The molecule has 4 nitrogen and oxygen atoms in total. The molecule has 0 aliphatic heterocycles. The van der Waals surface area contributed by atoms with Gasteiger partial charge in [-0.2, -0.15) is 18.3 Å². The average Bonchev–Trinajstić information content (AvgIpc) is 3.00. The number of carboxylic acids is 1. The fraction of sp³-hybridized carbons (Fsp3) is 0.0588. The highest BCUT2D eigenvalue weighted by Crippen LogP contribution is 2.33. The van der Waals surface area contributed by atoms with Crippen molar-refractivity contribution in [3.8, 4) is 16.9 Å². The summed E-state index contributed by atoms with van der Waals surface area (Å²) >= 11 is 5.83. The lowest BCUT2D eigenvalue weighted by molar-refractivity contribution is -0.137. The summed E-state index contributed by atoms with van der Waals surface area (Å²) < 4.78 is 40.1. The van der Waals surface area contributed by atoms with Crippen LogP contribution in [0.1, 0.15) is 16.1 Å². The third-order valence-corrected chi connectivity index (χ3v) is 3.74. The van der Waals surface area contributed by atoms with Gasteiger partial charge in [0.2, 0.25) is 0 Å². The fourth-order valence-electron chi connectivity index (χ4n) is 2.33. The van der Waals surface area contributed by atoms with Crippen LogP contribution in [0.2, 0.25) is 5.02 Å². The Kier molecular flexibility index (Phi) is 4.26. The van der Waals surface area contributed by atoms with Crippen LogP contribution >= 0.6 is 11.6 Å². The van der Waals surface area contributed by atoms with Gasteiger partial charge in [-0.05, 0) is 42.5 Å². The molecular weight excluding hydrogens is 357 g/mol. The van der Waals surface area contributed by atoms with Crippen molar-refractivity contribution >= 4 is 17.6 Å². The molecule has 25 heavy (non-hydrogen) atoms. The molecule has 0 atom stereocenters. The third-order valence-electron chi connectivity index (χ3n) is 3.49. The highest BCUT2D eigenvalue weighted by Gasteiger charge is 2.31. The highest BCUT2D eigenvalue weighted by atomic mass is 35.5. The Hall–Kier alpha value is -2.80. The van der Waals surface area contributed by atoms with Gasteiger partial charge in [-0.15, -0.1) is 0 Å². The number of alkyl halides is 3. The van der Waals surface area contributed by atoms with Crippen molar-refractivity contribution in [3.63, 3.8) is 0 Å². The van der Waals surface area contributed by atoms with Crippen LogP contribution in [0.4, 0.5) is 13.2 Å². The summed E-state index contributed by atoms with van der Waals surface area (Å²) in [6, 6.07) is 12.2. The van der Waals surface area contributed by atoms with E-state index in [1.54, 1.807) is 24.3 Å². The minimum Gasteiger partial charge on any atom is -0.476 e. The largest absolute Gasteiger partial charge is 0.476 e. The Morgan fingerprint density at radius 3 is 2.36 bits per heavy atom. The Bertz CT molecular complexity index is 934. The summed E-state index contributed by atoms with van der Waals surface area (Å²) in [7, 11) is 0. The number of benzene rings is 2. The molecular formula is C17H10ClF3N2O2. The highest BCUT2D eigenvalue weighted by molar-refractivity contribution is 6.30. The van der Waals surface area contributed by atoms with Crippen molar-refractivity contribution in [3.05, 3.63) is 70.9 Å². The Morgan fingerprint density at radius 1 is 1.08 bits per heavy atom. The van der Waals surface area contributed by atoms with Crippen LogP contribution < -0.4 is 0 Å². The first-order valence-corrected chi connectivity index (χ1v) is 7.40. The van der Waals surface area contributed by atoms with E-state index in [9.17, 15) is 18.0 Å². The first-order chi connectivity index (χ1) is 11.8. The monoisotopic (exact) mass is 366 g/mol. The topological polar surface area (TPSA) is 55.1 Å². The molecule has 128 valence electrons. The van der Waals surface area contributed by atoms with Crippen molar-refractivity contribution in [2.45, 2.75) is 6.18 Å². The molecule has 8 heteroatoms. The molecule has 0 aliphatic carbocycles. The minimum absolute atomic E-state index is 0.199. The van der Waals surface area contributed by atoms with Crippen molar-refractivity contribution in [1.82, 2.24) is 9.78 Å². The Labute approximate surface area is 145 Å². The van der Waals surface area contributed by atoms with E-state index in [0.29, 0.717) is 10.7 Å². The number of aromatic carboxylic acids is 1. The first kappa shape index (κ1) is 17.0. The second-order valence-electron chi connectivity index (χ2n) is 5.19. The number of carboxylic acid groups (broad SMARTS) is 1. The van der Waals surface area contributed by atoms with Gasteiger partial charge in [0.05, 0.1) is 16.9 Å². The molecule has 1 aromatic heterocycles. The van der Waals surface area contributed by atoms with Gasteiger partial charge in [0.1, 0.15) is 0 Å². The van der Waals surface area contributed by atoms with E-state index >= 15 is 0 Å². The van der Waals surface area contributed by atoms with Gasteiger partial charge in [-0.3, -0.25) is 0 Å². The summed E-state index contributed by atoms with van der Waals surface area (Å²) in [6.45, 7) is 0. The SMILES string of the molecule is O=C(O)c1cc(-c2cccc(C(F)(F)F)c2)n(-c2ccc(Cl)cc2)n1. The smallest absolute Gasteiger partial charge is 0.416 e. The van der Waals surface area contributed by atoms with E-state index < -0.39 is 17.7 Å². The summed E-state index contributed by atoms with van der Waals surface area (Å²) in [5.74, 6) is -1.28. The lowest BCUT2D eigenvalue weighted by atomic mass is 10.1. The van der Waals surface area contributed by atoms with E-state index in [1.807, 2.05) is 0 Å². The minimum atomic E-state index is -4.50. The summed E-state index contributed by atoms with van der Waals surface area (Å²) in [6.07, 6.45) is -4.50. The van der Waals surface area contributed by atoms with E-state index in [1.165, 1.54) is 22.9 Å². The van der Waals surface area contributed by atoms with E-state index in [4.69, 9.17) is 16.7 Å². The second-order valence-corrected chi connectivity index (χ2v) is 5.62. The average molecular weight is 367 g/mol. The first-order valence-electron chi connectivity index (χ1n) is 7.02. The Balaban J connectivity index is 2.18. The molecule has 0 spiro atoms. The van der Waals surface area contributed by atoms with Gasteiger partial charge >= 0.3 is 12.1 Å². The predicted octanol–water partition coefficient (Wildman–Crippen LogP) is 4.91. The van der Waals surface area contributed by atoms with Crippen LogP contribution in [0.3, 0.4) is 0 Å². The molecule has 1 heterocycles. The lowest BCUT2D eigenvalue weighted by Gasteiger charge is -2.11. The summed E-state index contributed by atoms with van der Waals surface area (Å²) in [5, 5.41) is 13.6. The molecule has 0 amide bonds. The quantitative estimate of drug-likeness (QED) is 0.716. The molecule has 0 radical (unpaired) electrons. The number of hydrogen-bond donors (Lipinski definition) is 1. The summed E-state index contributed by atoms with van der Waals surface area (Å²) in [5.41, 5.74) is -0.201. The number of hydrogen-bond acceptors (Lipinski definition) is 2. The second kappa shape index (κ2) is 6.25. The number of rotatable bonds is 3. The van der Waals surface area contributed by atoms with Gasteiger partial charge in [-0.25, -0.2) is 9.48 Å². The zero-order chi connectivity index (χ0) is 18.2. The fourth-order valence-corrected chi connectivity index (χ4v) is 2.45. The molecule has 0 aliphatic rings. The Morgan fingerprint density at radius 2 is 1.76 bits per heavy atom. The van der Waals surface area contributed by atoms with Crippen molar-refractivity contribution < 1.29 is 23.1 Å². The molecule has 2 aromatic carbocycles. The van der Waals surface area contributed by atoms with Gasteiger partial charge in [0.15, 0.2) is 5.69 Å². The number of carbonyl (C=O) groups is 1. The van der Waals surface area contributed by atoms with Crippen molar-refractivity contribution in [2.75, 3.05) is 0 Å². The van der Waals surface area contributed by atoms with Gasteiger partial charge in [0.25, 0.3) is 0 Å². The zero-order valence-corrected chi connectivity index (χ0v) is 13.2. The van der Waals surface area contributed by atoms with E-state index in [0.717, 1.165) is 12.1 Å². The van der Waals surface area contributed by atoms with Crippen LogP contribution in [0.25, 0.3) is 16.9 Å². The molecule has 3 rings (SSSR count). The van der Waals surface area contributed by atoms with Gasteiger partial charge in [0, 0.05) is 10.6 Å². The van der Waals surface area contributed by atoms with Crippen LogP contribution in [0.5, 0.6) is 0 Å². The van der Waals surface area contributed by atoms with E-state index in [-0.39, 0.29) is 17.0 Å². The van der Waals surface area contributed by atoms with Gasteiger partial charge < -0.3 is 5.11 Å². The molecule has 0 saturated carbocycles. The number of aromatic nitrogens is 2. The molecule has 0 unspecified atom stereocenters. The van der Waals surface area contributed by atoms with E-state index in [2.05, 4.69) is 5.10 Å². The van der Waals surface area contributed by atoms with Crippen molar-refractivity contribution in [1.29, 1.82) is 0 Å². The maximum absolute atomic E-state index is 13.0. The third kappa shape index (κ3) is 3.51. The van der Waals surface area contributed by atoms with Crippen LogP contribution in [-0.4, -0.2) is 20.9 Å². The van der Waals surface area contributed by atoms with Gasteiger partial charge in [-0.1, -0.05) is 23.7 Å². The maximum Gasteiger partial charge on any atom is 0.416 e. The number of halogens is 4. The lowest BCUT2D eigenvalue weighted by Crippen LogP contribution is -2.05. The number of nitrogens with zero attached hydrogens (tertiary/aromatic N) is 2. The molecule has 0 bridgehead atoms. The van der Waals surface area contributed by atoms with Crippen molar-refractivity contribution in [2.24, 2.45) is 0 Å². The van der Waals surface area contributed by atoms with Crippen LogP contribution in [0.15, 0.2) is 54.6 Å². The predicted molar refractivity (Wildman–Crippen MR) is 86.0 cm³/mol. The zero-order valence-electron chi connectivity index (χ0n) is 12.5. The summed E-state index contributed by atoms with van der Waals surface area (Å²) in [4.78, 5) is 11.2. The van der Waals surface area contributed by atoms with Crippen LogP contribution in [-0.2, 0) is 6.18 Å². The standard InChI is InChI=1S/C17H10ClF3N2O2/c18-12-4-6-13(7-5-12)23-15(9-14(22-23)16(24)25)10-2-1-3-11(8-10)17(19,20)21/h1-9H,(H,24,25). The maximum atomic E-state index is 13.0. The van der Waals surface area contributed by atoms with Crippen LogP contribution in [0, 0.1) is 0 Å².